The molecule has 1 heterocycles. The first kappa shape index (κ1) is 14.3. The van der Waals surface area contributed by atoms with Crippen molar-refractivity contribution in [3.8, 4) is 6.07 Å². The number of esters is 1. The summed E-state index contributed by atoms with van der Waals surface area (Å²) in [5.74, 6) is -0.507. The molecular weight excluding hydrogens is 298 g/mol. The predicted octanol–water partition coefficient (Wildman–Crippen LogP) is 3.22. The van der Waals surface area contributed by atoms with E-state index >= 15 is 0 Å². The van der Waals surface area contributed by atoms with Gasteiger partial charge in [0.05, 0.1) is 18.7 Å². The van der Waals surface area contributed by atoms with Gasteiger partial charge in [-0.25, -0.2) is 9.78 Å². The number of carbonyl (C=O) groups excluding carboxylic acids is 1. The van der Waals surface area contributed by atoms with Crippen molar-refractivity contribution in [1.82, 2.24) is 4.98 Å². The Kier molecular flexibility index (Phi) is 4.23. The fourth-order valence-electron chi connectivity index (χ4n) is 1.52. The molecule has 0 saturated heterocycles. The van der Waals surface area contributed by atoms with E-state index in [2.05, 4.69) is 15.8 Å². The summed E-state index contributed by atoms with van der Waals surface area (Å²) in [7, 11) is 3.10. The number of thiazole rings is 1. The maximum absolute atomic E-state index is 11.5. The Hall–Kier alpha value is -2.10. The van der Waals surface area contributed by atoms with E-state index in [4.69, 9.17) is 16.9 Å². The van der Waals surface area contributed by atoms with Crippen molar-refractivity contribution >= 4 is 39.7 Å². The molecule has 20 heavy (non-hydrogen) atoms. The highest BCUT2D eigenvalue weighted by Crippen LogP contribution is 2.33. The SMILES string of the molecule is COC(=O)c1sc(N(C)c2ccc(C#N)cc2)nc1Cl. The molecule has 0 fully saturated rings. The minimum atomic E-state index is -0.507. The van der Waals surface area contributed by atoms with Gasteiger partial charge in [0.15, 0.2) is 15.2 Å². The van der Waals surface area contributed by atoms with Gasteiger partial charge in [0.1, 0.15) is 0 Å². The third kappa shape index (κ3) is 2.74. The van der Waals surface area contributed by atoms with E-state index in [1.54, 1.807) is 36.2 Å². The van der Waals surface area contributed by atoms with Gasteiger partial charge in [0.2, 0.25) is 0 Å². The zero-order valence-electron chi connectivity index (χ0n) is 10.8. The second-order valence-electron chi connectivity index (χ2n) is 3.83. The van der Waals surface area contributed by atoms with Gasteiger partial charge < -0.3 is 9.64 Å². The second-order valence-corrected chi connectivity index (χ2v) is 5.16. The molecule has 0 saturated carbocycles. The van der Waals surface area contributed by atoms with Crippen molar-refractivity contribution in [1.29, 1.82) is 5.26 Å². The van der Waals surface area contributed by atoms with E-state index in [0.29, 0.717) is 10.7 Å². The minimum absolute atomic E-state index is 0.123. The summed E-state index contributed by atoms with van der Waals surface area (Å²) in [6.45, 7) is 0. The normalized spacial score (nSPS) is 9.90. The number of hydrogen-bond donors (Lipinski definition) is 0. The number of hydrogen-bond acceptors (Lipinski definition) is 6. The largest absolute Gasteiger partial charge is 0.465 e. The zero-order chi connectivity index (χ0) is 14.7. The fourth-order valence-corrected chi connectivity index (χ4v) is 2.70. The highest BCUT2D eigenvalue weighted by Gasteiger charge is 2.19. The lowest BCUT2D eigenvalue weighted by Crippen LogP contribution is -2.08. The Morgan fingerprint density at radius 3 is 2.65 bits per heavy atom. The number of ether oxygens (including phenoxy) is 1. The van der Waals surface area contributed by atoms with Gasteiger partial charge in [-0.2, -0.15) is 5.26 Å². The lowest BCUT2D eigenvalue weighted by Gasteiger charge is -2.15. The van der Waals surface area contributed by atoms with Gasteiger partial charge in [0, 0.05) is 12.7 Å². The molecule has 0 unspecified atom stereocenters. The molecular formula is C13H10ClN3O2S. The highest BCUT2D eigenvalue weighted by molar-refractivity contribution is 7.18. The van der Waals surface area contributed by atoms with E-state index in [9.17, 15) is 4.79 Å². The first-order valence-electron chi connectivity index (χ1n) is 5.55. The number of rotatable bonds is 3. The van der Waals surface area contributed by atoms with Crippen molar-refractivity contribution in [2.75, 3.05) is 19.1 Å². The van der Waals surface area contributed by atoms with Gasteiger partial charge in [-0.1, -0.05) is 22.9 Å². The van der Waals surface area contributed by atoms with Gasteiger partial charge in [-0.15, -0.1) is 0 Å². The van der Waals surface area contributed by atoms with Crippen LogP contribution in [0.4, 0.5) is 10.8 Å². The number of nitriles is 1. The number of carbonyl (C=O) groups is 1. The van der Waals surface area contributed by atoms with E-state index in [0.717, 1.165) is 17.0 Å². The molecule has 7 heteroatoms. The standard InChI is InChI=1S/C13H10ClN3O2S/c1-17(9-5-3-8(7-15)4-6-9)13-16-11(14)10(20-13)12(18)19-2/h3-6H,1-2H3. The van der Waals surface area contributed by atoms with E-state index in [1.807, 2.05) is 0 Å². The van der Waals surface area contributed by atoms with Crippen molar-refractivity contribution in [3.63, 3.8) is 0 Å². The second kappa shape index (κ2) is 5.90. The lowest BCUT2D eigenvalue weighted by atomic mass is 10.2. The molecule has 0 radical (unpaired) electrons. The van der Waals surface area contributed by atoms with E-state index in [1.165, 1.54) is 7.11 Å². The van der Waals surface area contributed by atoms with Crippen LogP contribution in [0.3, 0.4) is 0 Å². The maximum atomic E-state index is 11.5. The summed E-state index contributed by atoms with van der Waals surface area (Å²) in [5.41, 5.74) is 1.42. The third-order valence-corrected chi connectivity index (χ3v) is 4.11. The molecule has 2 rings (SSSR count). The molecule has 0 amide bonds. The first-order chi connectivity index (χ1) is 9.56. The molecule has 0 aliphatic rings. The predicted molar refractivity (Wildman–Crippen MR) is 77.7 cm³/mol. The van der Waals surface area contributed by atoms with Crippen LogP contribution in [0.2, 0.25) is 5.15 Å². The number of aromatic nitrogens is 1. The average Bonchev–Trinajstić information content (AvgIpc) is 2.87. The van der Waals surface area contributed by atoms with Gasteiger partial charge in [-0.05, 0) is 24.3 Å². The number of halogens is 1. The Labute approximate surface area is 125 Å². The zero-order valence-corrected chi connectivity index (χ0v) is 12.3. The highest BCUT2D eigenvalue weighted by atomic mass is 35.5. The van der Waals surface area contributed by atoms with Crippen LogP contribution in [-0.2, 0) is 4.74 Å². The van der Waals surface area contributed by atoms with Crippen molar-refractivity contribution in [2.45, 2.75) is 0 Å². The Balaban J connectivity index is 2.31. The summed E-state index contributed by atoms with van der Waals surface area (Å²) < 4.78 is 4.64. The third-order valence-electron chi connectivity index (χ3n) is 2.62. The molecule has 0 atom stereocenters. The summed E-state index contributed by atoms with van der Waals surface area (Å²) in [4.78, 5) is 17.7. The summed E-state index contributed by atoms with van der Waals surface area (Å²) >= 11 is 7.07. The van der Waals surface area contributed by atoms with Gasteiger partial charge >= 0.3 is 5.97 Å². The van der Waals surface area contributed by atoms with Crippen molar-refractivity contribution in [2.24, 2.45) is 0 Å². The van der Waals surface area contributed by atoms with Crippen LogP contribution in [0.15, 0.2) is 24.3 Å². The van der Waals surface area contributed by atoms with Crippen LogP contribution < -0.4 is 4.90 Å². The number of benzene rings is 1. The van der Waals surface area contributed by atoms with E-state index < -0.39 is 5.97 Å². The molecule has 1 aromatic carbocycles. The smallest absolute Gasteiger partial charge is 0.351 e. The van der Waals surface area contributed by atoms with E-state index in [-0.39, 0.29) is 10.0 Å². The quantitative estimate of drug-likeness (QED) is 0.814. The molecule has 102 valence electrons. The molecule has 0 aliphatic heterocycles. The number of methoxy groups -OCH3 is 1. The maximum Gasteiger partial charge on any atom is 0.351 e. The minimum Gasteiger partial charge on any atom is -0.465 e. The van der Waals surface area contributed by atoms with Crippen LogP contribution >= 0.6 is 22.9 Å². The topological polar surface area (TPSA) is 66.2 Å². The summed E-state index contributed by atoms with van der Waals surface area (Å²) in [6.07, 6.45) is 0. The van der Waals surface area contributed by atoms with Gasteiger partial charge in [0.25, 0.3) is 0 Å². The molecule has 5 nitrogen and oxygen atoms in total. The number of anilines is 2. The summed E-state index contributed by atoms with van der Waals surface area (Å²) in [5, 5.41) is 9.46. The van der Waals surface area contributed by atoms with Crippen molar-refractivity contribution in [3.05, 3.63) is 39.9 Å². The van der Waals surface area contributed by atoms with Crippen LogP contribution in [-0.4, -0.2) is 25.1 Å². The Morgan fingerprint density at radius 1 is 1.45 bits per heavy atom. The van der Waals surface area contributed by atoms with Crippen LogP contribution in [0, 0.1) is 11.3 Å². The first-order valence-corrected chi connectivity index (χ1v) is 6.74. The monoisotopic (exact) mass is 307 g/mol. The molecule has 0 aliphatic carbocycles. The molecule has 0 N–H and O–H groups in total. The van der Waals surface area contributed by atoms with Crippen LogP contribution in [0.1, 0.15) is 15.2 Å². The van der Waals surface area contributed by atoms with Crippen LogP contribution in [0.25, 0.3) is 0 Å². The fraction of sp³-hybridized carbons (Fsp3) is 0.154. The number of nitrogens with zero attached hydrogens (tertiary/aromatic N) is 3. The summed E-state index contributed by atoms with van der Waals surface area (Å²) in [6, 6.07) is 9.07. The van der Waals surface area contributed by atoms with Crippen molar-refractivity contribution < 1.29 is 9.53 Å². The Morgan fingerprint density at radius 2 is 2.10 bits per heavy atom. The Bertz CT molecular complexity index is 676. The van der Waals surface area contributed by atoms with Gasteiger partial charge in [-0.3, -0.25) is 0 Å². The van der Waals surface area contributed by atoms with Crippen LogP contribution in [0.5, 0.6) is 0 Å². The molecule has 0 spiro atoms. The lowest BCUT2D eigenvalue weighted by molar-refractivity contribution is 0.0606. The molecule has 2 aromatic rings. The molecule has 1 aromatic heterocycles. The molecule has 0 bridgehead atoms. The average molecular weight is 308 g/mol.